The number of Topliss-reactive ketones (excluding diaryl/α,β-unsaturated/α-hetero) is 1. The number of ether oxygens (including phenoxy) is 3. The molecular formula is C21H22ClN3O5. The Morgan fingerprint density at radius 3 is 2.67 bits per heavy atom. The van der Waals surface area contributed by atoms with E-state index in [4.69, 9.17) is 25.8 Å². The molecule has 1 spiro atoms. The number of H-pyrrole nitrogens is 1. The van der Waals surface area contributed by atoms with Crippen LogP contribution in [0.4, 0.5) is 0 Å². The average molecular weight is 432 g/mol. The number of hydrogen-bond donors (Lipinski definition) is 2. The van der Waals surface area contributed by atoms with Crippen molar-refractivity contribution in [3.63, 3.8) is 0 Å². The van der Waals surface area contributed by atoms with Crippen LogP contribution < -0.4 is 19.5 Å². The van der Waals surface area contributed by atoms with Crippen LogP contribution in [0.25, 0.3) is 0 Å². The van der Waals surface area contributed by atoms with Gasteiger partial charge in [-0.05, 0) is 13.3 Å². The van der Waals surface area contributed by atoms with Gasteiger partial charge in [-0.15, -0.1) is 0 Å². The molecule has 0 fully saturated rings. The molecule has 1 aliphatic carbocycles. The van der Waals surface area contributed by atoms with Crippen LogP contribution in [0.2, 0.25) is 5.02 Å². The molecule has 1 aliphatic heterocycles. The van der Waals surface area contributed by atoms with E-state index in [2.05, 4.69) is 15.5 Å². The second-order valence-electron chi connectivity index (χ2n) is 7.48. The smallest absolute Gasteiger partial charge is 0.236 e. The Morgan fingerprint density at radius 2 is 2.07 bits per heavy atom. The predicted molar refractivity (Wildman–Crippen MR) is 109 cm³/mol. The lowest BCUT2D eigenvalue weighted by Gasteiger charge is -2.35. The van der Waals surface area contributed by atoms with Gasteiger partial charge < -0.3 is 19.5 Å². The molecule has 0 bridgehead atoms. The number of fused-ring (bicyclic) bond motifs is 1. The quantitative estimate of drug-likeness (QED) is 0.701. The van der Waals surface area contributed by atoms with E-state index in [-0.39, 0.29) is 22.1 Å². The van der Waals surface area contributed by atoms with Crippen molar-refractivity contribution >= 4 is 23.2 Å². The van der Waals surface area contributed by atoms with Crippen molar-refractivity contribution in [3.8, 4) is 17.2 Å². The fourth-order valence-corrected chi connectivity index (χ4v) is 4.28. The highest BCUT2D eigenvalue weighted by Crippen LogP contribution is 2.52. The second-order valence-corrected chi connectivity index (χ2v) is 7.86. The minimum absolute atomic E-state index is 0.122. The molecule has 2 N–H and O–H groups in total. The zero-order chi connectivity index (χ0) is 21.6. The van der Waals surface area contributed by atoms with Gasteiger partial charge in [-0.1, -0.05) is 18.5 Å². The molecule has 9 heteroatoms. The first-order chi connectivity index (χ1) is 14.3. The van der Waals surface area contributed by atoms with Crippen LogP contribution in [0.1, 0.15) is 35.0 Å². The van der Waals surface area contributed by atoms with Gasteiger partial charge in [0.2, 0.25) is 17.2 Å². The van der Waals surface area contributed by atoms with E-state index >= 15 is 0 Å². The van der Waals surface area contributed by atoms with Crippen LogP contribution in [0.5, 0.6) is 17.2 Å². The van der Waals surface area contributed by atoms with Crippen LogP contribution in [-0.4, -0.2) is 41.6 Å². The van der Waals surface area contributed by atoms with Gasteiger partial charge in [0.15, 0.2) is 5.75 Å². The number of aromatic nitrogens is 2. The normalized spacial score (nSPS) is 22.6. The van der Waals surface area contributed by atoms with Crippen LogP contribution in [0.3, 0.4) is 0 Å². The number of ketones is 2. The largest absolute Gasteiger partial charge is 0.496 e. The Kier molecular flexibility index (Phi) is 4.97. The van der Waals surface area contributed by atoms with Crippen molar-refractivity contribution in [2.45, 2.75) is 32.4 Å². The number of methoxy groups -OCH3 is 2. The molecule has 2 aromatic rings. The van der Waals surface area contributed by atoms with Crippen molar-refractivity contribution in [2.75, 3.05) is 14.2 Å². The van der Waals surface area contributed by atoms with Gasteiger partial charge >= 0.3 is 0 Å². The number of rotatable bonds is 5. The van der Waals surface area contributed by atoms with Crippen LogP contribution in [0.15, 0.2) is 24.0 Å². The summed E-state index contributed by atoms with van der Waals surface area (Å²) in [6.07, 6.45) is 3.64. The fourth-order valence-electron chi connectivity index (χ4n) is 4.01. The SMILES string of the molecule is COc1cc(OC)c2c(c1Cl)O[C@@]1(C(=O)C=C(NCc3cn[nH]c3C)C[C@H]1C)C2=O. The highest BCUT2D eigenvalue weighted by atomic mass is 35.5. The van der Waals surface area contributed by atoms with Crippen molar-refractivity contribution in [1.82, 2.24) is 15.5 Å². The summed E-state index contributed by atoms with van der Waals surface area (Å²) in [4.78, 5) is 26.7. The zero-order valence-electron chi connectivity index (χ0n) is 17.1. The summed E-state index contributed by atoms with van der Waals surface area (Å²) in [6, 6.07) is 1.52. The maximum Gasteiger partial charge on any atom is 0.236 e. The molecule has 0 saturated carbocycles. The third-order valence-electron chi connectivity index (χ3n) is 5.75. The Labute approximate surface area is 178 Å². The molecule has 2 heterocycles. The van der Waals surface area contributed by atoms with Gasteiger partial charge in [0.05, 0.1) is 20.4 Å². The maximum atomic E-state index is 13.4. The highest BCUT2D eigenvalue weighted by Gasteiger charge is 2.60. The molecule has 2 atom stereocenters. The van der Waals surface area contributed by atoms with E-state index in [9.17, 15) is 9.59 Å². The van der Waals surface area contributed by atoms with Gasteiger partial charge in [-0.3, -0.25) is 14.7 Å². The summed E-state index contributed by atoms with van der Waals surface area (Å²) in [6.45, 7) is 4.26. The summed E-state index contributed by atoms with van der Waals surface area (Å²) in [5.74, 6) is -0.604. The number of hydrogen-bond acceptors (Lipinski definition) is 7. The maximum absolute atomic E-state index is 13.4. The highest BCUT2D eigenvalue weighted by molar-refractivity contribution is 6.36. The topological polar surface area (TPSA) is 103 Å². The number of allylic oxidation sites excluding steroid dienone is 1. The minimum Gasteiger partial charge on any atom is -0.496 e. The van der Waals surface area contributed by atoms with Crippen molar-refractivity contribution in [1.29, 1.82) is 0 Å². The Hall–Kier alpha value is -3.00. The molecule has 2 aliphatic rings. The lowest BCUT2D eigenvalue weighted by atomic mass is 9.74. The number of nitrogens with one attached hydrogen (secondary N) is 2. The Morgan fingerprint density at radius 1 is 1.33 bits per heavy atom. The van der Waals surface area contributed by atoms with E-state index < -0.39 is 23.1 Å². The van der Waals surface area contributed by atoms with Crippen LogP contribution in [-0.2, 0) is 11.3 Å². The Bertz CT molecular complexity index is 1080. The van der Waals surface area contributed by atoms with Crippen molar-refractivity contribution in [3.05, 3.63) is 45.9 Å². The monoisotopic (exact) mass is 431 g/mol. The first-order valence-corrected chi connectivity index (χ1v) is 9.87. The van der Waals surface area contributed by atoms with Gasteiger partial charge in [0, 0.05) is 41.6 Å². The van der Waals surface area contributed by atoms with E-state index in [1.165, 1.54) is 26.4 Å². The summed E-state index contributed by atoms with van der Waals surface area (Å²) in [5, 5.41) is 10.3. The third-order valence-corrected chi connectivity index (χ3v) is 6.11. The number of aryl methyl sites for hydroxylation is 1. The number of aromatic amines is 1. The molecule has 1 aromatic carbocycles. The number of halogens is 1. The summed E-state index contributed by atoms with van der Waals surface area (Å²) in [5.41, 5.74) is 1.20. The lowest BCUT2D eigenvalue weighted by Crippen LogP contribution is -2.55. The number of benzene rings is 1. The molecule has 30 heavy (non-hydrogen) atoms. The van der Waals surface area contributed by atoms with E-state index in [0.29, 0.717) is 18.7 Å². The summed E-state index contributed by atoms with van der Waals surface area (Å²) >= 11 is 6.39. The van der Waals surface area contributed by atoms with Gasteiger partial charge in [-0.2, -0.15) is 5.10 Å². The standard InChI is InChI=1S/C21H22ClN3O5/c1-10-5-13(23-8-12-9-24-25-11(12)2)6-16(26)21(10)20(27)17-14(28-3)7-15(29-4)18(22)19(17)30-21/h6-7,9-10,23H,5,8H2,1-4H3,(H,24,25)/t10-,21+/m1/s1. The molecule has 0 amide bonds. The zero-order valence-corrected chi connectivity index (χ0v) is 17.8. The molecule has 1 aromatic heterocycles. The minimum atomic E-state index is -1.66. The number of carbonyl (C=O) groups is 2. The third kappa shape index (κ3) is 2.86. The van der Waals surface area contributed by atoms with Crippen molar-refractivity contribution < 1.29 is 23.8 Å². The Balaban J connectivity index is 1.67. The molecule has 8 nitrogen and oxygen atoms in total. The fraction of sp³-hybridized carbons (Fsp3) is 0.381. The molecule has 4 rings (SSSR count). The number of nitrogens with zero attached hydrogens (tertiary/aromatic N) is 1. The lowest BCUT2D eigenvalue weighted by molar-refractivity contribution is -0.129. The van der Waals surface area contributed by atoms with E-state index in [1.54, 1.807) is 6.20 Å². The van der Waals surface area contributed by atoms with E-state index in [0.717, 1.165) is 17.0 Å². The van der Waals surface area contributed by atoms with Crippen LogP contribution >= 0.6 is 11.6 Å². The van der Waals surface area contributed by atoms with Gasteiger partial charge in [0.1, 0.15) is 22.1 Å². The molecule has 0 unspecified atom stereocenters. The van der Waals surface area contributed by atoms with Crippen LogP contribution in [0, 0.1) is 12.8 Å². The summed E-state index contributed by atoms with van der Waals surface area (Å²) < 4.78 is 16.6. The summed E-state index contributed by atoms with van der Waals surface area (Å²) in [7, 11) is 2.89. The molecule has 0 radical (unpaired) electrons. The average Bonchev–Trinajstić information content (AvgIpc) is 3.27. The second kappa shape index (κ2) is 7.36. The first-order valence-electron chi connectivity index (χ1n) is 9.49. The van der Waals surface area contributed by atoms with E-state index in [1.807, 2.05) is 13.8 Å². The predicted octanol–water partition coefficient (Wildman–Crippen LogP) is 2.99. The number of carbonyl (C=O) groups excluding carboxylic acids is 2. The van der Waals surface area contributed by atoms with Gasteiger partial charge in [-0.25, -0.2) is 0 Å². The van der Waals surface area contributed by atoms with Crippen molar-refractivity contribution in [2.24, 2.45) is 5.92 Å². The first kappa shape index (κ1) is 20.3. The molecular weight excluding hydrogens is 410 g/mol. The van der Waals surface area contributed by atoms with Gasteiger partial charge in [0.25, 0.3) is 0 Å². The molecule has 0 saturated heterocycles. The molecule has 158 valence electrons.